The van der Waals surface area contributed by atoms with E-state index in [4.69, 9.17) is 0 Å². The SMILES string of the molecule is C/C(=C\Cn1ccnc1)c1ccc2cc(C)ccc2c1. The lowest BCUT2D eigenvalue weighted by molar-refractivity contribution is 0.821. The molecule has 1 aromatic heterocycles. The number of allylic oxidation sites excluding steroid dienone is 2. The number of hydrogen-bond acceptors (Lipinski definition) is 1. The van der Waals surface area contributed by atoms with Gasteiger partial charge >= 0.3 is 0 Å². The van der Waals surface area contributed by atoms with Crippen LogP contribution >= 0.6 is 0 Å². The van der Waals surface area contributed by atoms with Crippen molar-refractivity contribution in [3.05, 3.63) is 72.3 Å². The van der Waals surface area contributed by atoms with Crippen LogP contribution in [0.3, 0.4) is 0 Å². The maximum Gasteiger partial charge on any atom is 0.0948 e. The number of imidazole rings is 1. The smallest absolute Gasteiger partial charge is 0.0948 e. The molecule has 1 heterocycles. The van der Waals surface area contributed by atoms with Gasteiger partial charge in [-0.15, -0.1) is 0 Å². The van der Waals surface area contributed by atoms with E-state index in [1.807, 2.05) is 18.7 Å². The largest absolute Gasteiger partial charge is 0.334 e. The molecule has 0 amide bonds. The van der Waals surface area contributed by atoms with E-state index in [1.165, 1.54) is 27.5 Å². The number of rotatable bonds is 3. The summed E-state index contributed by atoms with van der Waals surface area (Å²) in [5.74, 6) is 0. The van der Waals surface area contributed by atoms with Crippen molar-refractivity contribution in [3.63, 3.8) is 0 Å². The molecule has 0 saturated carbocycles. The number of hydrogen-bond donors (Lipinski definition) is 0. The highest BCUT2D eigenvalue weighted by Gasteiger charge is 1.99. The molecule has 0 radical (unpaired) electrons. The van der Waals surface area contributed by atoms with Crippen LogP contribution in [-0.4, -0.2) is 9.55 Å². The standard InChI is InChI=1S/C18H18N2/c1-14-3-4-18-12-16(5-6-17(18)11-14)15(2)7-9-20-10-8-19-13-20/h3-8,10-13H,9H2,1-2H3/b15-7+. The average molecular weight is 262 g/mol. The minimum absolute atomic E-state index is 0.859. The van der Waals surface area contributed by atoms with Gasteiger partial charge < -0.3 is 4.57 Å². The first-order valence-corrected chi connectivity index (χ1v) is 6.86. The predicted octanol–water partition coefficient (Wildman–Crippen LogP) is 4.45. The quantitative estimate of drug-likeness (QED) is 0.682. The number of aromatic nitrogens is 2. The van der Waals surface area contributed by atoms with Gasteiger partial charge in [0, 0.05) is 18.9 Å². The maximum absolute atomic E-state index is 4.06. The Morgan fingerprint density at radius 1 is 1.15 bits per heavy atom. The topological polar surface area (TPSA) is 17.8 Å². The van der Waals surface area contributed by atoms with Crippen molar-refractivity contribution < 1.29 is 0 Å². The molecule has 0 N–H and O–H groups in total. The number of benzene rings is 2. The molecule has 100 valence electrons. The summed E-state index contributed by atoms with van der Waals surface area (Å²) in [5, 5.41) is 2.60. The van der Waals surface area contributed by atoms with Gasteiger partial charge in [-0.25, -0.2) is 4.98 Å². The summed E-state index contributed by atoms with van der Waals surface area (Å²) >= 11 is 0. The molecule has 20 heavy (non-hydrogen) atoms. The fourth-order valence-corrected chi connectivity index (χ4v) is 2.37. The first kappa shape index (κ1) is 12.7. The lowest BCUT2D eigenvalue weighted by Crippen LogP contribution is -1.91. The second-order valence-corrected chi connectivity index (χ2v) is 5.21. The van der Waals surface area contributed by atoms with E-state index in [1.54, 1.807) is 0 Å². The molecule has 2 nitrogen and oxygen atoms in total. The normalized spacial score (nSPS) is 12.0. The molecule has 3 rings (SSSR count). The lowest BCUT2D eigenvalue weighted by atomic mass is 10.0. The maximum atomic E-state index is 4.06. The van der Waals surface area contributed by atoms with Crippen molar-refractivity contribution >= 4 is 16.3 Å². The zero-order valence-corrected chi connectivity index (χ0v) is 11.9. The molecule has 0 aliphatic carbocycles. The summed E-state index contributed by atoms with van der Waals surface area (Å²) in [6.07, 6.45) is 7.86. The second-order valence-electron chi connectivity index (χ2n) is 5.21. The number of nitrogens with zero attached hydrogens (tertiary/aromatic N) is 2. The summed E-state index contributed by atoms with van der Waals surface area (Å²) in [4.78, 5) is 4.06. The lowest BCUT2D eigenvalue weighted by Gasteiger charge is -2.06. The van der Waals surface area contributed by atoms with Crippen molar-refractivity contribution in [3.8, 4) is 0 Å². The van der Waals surface area contributed by atoms with E-state index in [2.05, 4.69) is 65.9 Å². The highest BCUT2D eigenvalue weighted by atomic mass is 15.0. The third-order valence-corrected chi connectivity index (χ3v) is 3.62. The second kappa shape index (κ2) is 5.33. The fourth-order valence-electron chi connectivity index (χ4n) is 2.37. The van der Waals surface area contributed by atoms with Crippen molar-refractivity contribution in [2.75, 3.05) is 0 Å². The minimum atomic E-state index is 0.859. The molecule has 0 bridgehead atoms. The van der Waals surface area contributed by atoms with Gasteiger partial charge in [0.1, 0.15) is 0 Å². The summed E-state index contributed by atoms with van der Waals surface area (Å²) in [6, 6.07) is 13.2. The van der Waals surface area contributed by atoms with E-state index in [0.717, 1.165) is 6.54 Å². The Morgan fingerprint density at radius 3 is 2.75 bits per heavy atom. The van der Waals surface area contributed by atoms with Gasteiger partial charge in [-0.3, -0.25) is 0 Å². The minimum Gasteiger partial charge on any atom is -0.334 e. The Morgan fingerprint density at radius 2 is 1.95 bits per heavy atom. The predicted molar refractivity (Wildman–Crippen MR) is 84.6 cm³/mol. The average Bonchev–Trinajstić information content (AvgIpc) is 2.97. The molecule has 3 aromatic rings. The molecule has 2 heteroatoms. The van der Waals surface area contributed by atoms with Crippen molar-refractivity contribution in [1.82, 2.24) is 9.55 Å². The molecule has 0 aliphatic heterocycles. The first-order valence-electron chi connectivity index (χ1n) is 6.86. The zero-order chi connectivity index (χ0) is 13.9. The molecule has 0 unspecified atom stereocenters. The Bertz CT molecular complexity index is 752. The molecular weight excluding hydrogens is 244 g/mol. The number of aryl methyl sites for hydroxylation is 1. The van der Waals surface area contributed by atoms with E-state index >= 15 is 0 Å². The van der Waals surface area contributed by atoms with Gasteiger partial charge in [-0.2, -0.15) is 0 Å². The van der Waals surface area contributed by atoms with Gasteiger partial charge in [0.2, 0.25) is 0 Å². The summed E-state index contributed by atoms with van der Waals surface area (Å²) in [7, 11) is 0. The van der Waals surface area contributed by atoms with Crippen LogP contribution in [-0.2, 0) is 6.54 Å². The molecule has 0 fully saturated rings. The van der Waals surface area contributed by atoms with Crippen LogP contribution in [0.5, 0.6) is 0 Å². The van der Waals surface area contributed by atoms with E-state index in [0.29, 0.717) is 0 Å². The van der Waals surface area contributed by atoms with E-state index in [9.17, 15) is 0 Å². The zero-order valence-electron chi connectivity index (χ0n) is 11.9. The molecular formula is C18H18N2. The highest BCUT2D eigenvalue weighted by Crippen LogP contribution is 2.22. The van der Waals surface area contributed by atoms with Crippen LogP contribution in [0, 0.1) is 6.92 Å². The summed E-state index contributed by atoms with van der Waals surface area (Å²) in [5.41, 5.74) is 3.88. The monoisotopic (exact) mass is 262 g/mol. The molecule has 0 aliphatic rings. The van der Waals surface area contributed by atoms with Crippen molar-refractivity contribution in [1.29, 1.82) is 0 Å². The van der Waals surface area contributed by atoms with Gasteiger partial charge in [0.15, 0.2) is 0 Å². The van der Waals surface area contributed by atoms with E-state index in [-0.39, 0.29) is 0 Å². The van der Waals surface area contributed by atoms with Crippen molar-refractivity contribution in [2.24, 2.45) is 0 Å². The van der Waals surface area contributed by atoms with Crippen LogP contribution < -0.4 is 0 Å². The van der Waals surface area contributed by atoms with Gasteiger partial charge in [0.25, 0.3) is 0 Å². The Kier molecular flexibility index (Phi) is 3.38. The number of fused-ring (bicyclic) bond motifs is 1. The highest BCUT2D eigenvalue weighted by molar-refractivity contribution is 5.86. The molecule has 2 aromatic carbocycles. The van der Waals surface area contributed by atoms with Crippen LogP contribution in [0.25, 0.3) is 16.3 Å². The molecule has 0 spiro atoms. The van der Waals surface area contributed by atoms with Crippen LogP contribution in [0.4, 0.5) is 0 Å². The Labute approximate surface area is 119 Å². The van der Waals surface area contributed by atoms with Gasteiger partial charge in [-0.05, 0) is 41.8 Å². The molecule has 0 atom stereocenters. The first-order chi connectivity index (χ1) is 9.72. The van der Waals surface area contributed by atoms with Crippen LogP contribution in [0.15, 0.2) is 61.2 Å². The summed E-state index contributed by atoms with van der Waals surface area (Å²) in [6.45, 7) is 5.15. The van der Waals surface area contributed by atoms with Gasteiger partial charge in [-0.1, -0.05) is 42.0 Å². The summed E-state index contributed by atoms with van der Waals surface area (Å²) < 4.78 is 2.06. The molecule has 0 saturated heterocycles. The van der Waals surface area contributed by atoms with Crippen LogP contribution in [0.1, 0.15) is 18.1 Å². The fraction of sp³-hybridized carbons (Fsp3) is 0.167. The van der Waals surface area contributed by atoms with Gasteiger partial charge in [0.05, 0.1) is 6.33 Å². The van der Waals surface area contributed by atoms with E-state index < -0.39 is 0 Å². The Balaban J connectivity index is 1.89. The Hall–Kier alpha value is -2.35. The van der Waals surface area contributed by atoms with Crippen LogP contribution in [0.2, 0.25) is 0 Å². The van der Waals surface area contributed by atoms with Crippen molar-refractivity contribution in [2.45, 2.75) is 20.4 Å². The third kappa shape index (κ3) is 2.64. The third-order valence-electron chi connectivity index (χ3n) is 3.62.